The highest BCUT2D eigenvalue weighted by atomic mass is 35.5. The van der Waals surface area contributed by atoms with Gasteiger partial charge in [-0.05, 0) is 18.6 Å². The fourth-order valence-electron chi connectivity index (χ4n) is 3.68. The number of ether oxygens (including phenoxy) is 3. The lowest BCUT2D eigenvalue weighted by Gasteiger charge is -2.16. The number of hydrogen-bond donors (Lipinski definition) is 1. The van der Waals surface area contributed by atoms with E-state index in [-0.39, 0.29) is 23.6 Å². The Labute approximate surface area is 240 Å². The van der Waals surface area contributed by atoms with Crippen LogP contribution in [0.1, 0.15) is 24.1 Å². The number of methoxy groups -OCH3 is 2. The van der Waals surface area contributed by atoms with Crippen LogP contribution in [0.15, 0.2) is 36.7 Å². The first-order valence-electron chi connectivity index (χ1n) is 11.6. The summed E-state index contributed by atoms with van der Waals surface area (Å²) < 4.78 is 42.1. The van der Waals surface area contributed by atoms with Crippen LogP contribution >= 0.6 is 23.2 Å². The third-order valence-electron chi connectivity index (χ3n) is 5.64. The molecule has 2 heterocycles. The van der Waals surface area contributed by atoms with Crippen LogP contribution in [-0.2, 0) is 16.6 Å². The van der Waals surface area contributed by atoms with E-state index in [9.17, 15) is 13.7 Å². The molecule has 14 heteroatoms. The molecule has 0 radical (unpaired) electrons. The number of anilines is 2. The molecule has 4 aromatic rings. The average molecular weight is 601 g/mol. The van der Waals surface area contributed by atoms with Gasteiger partial charge >= 0.3 is 0 Å². The predicted molar refractivity (Wildman–Crippen MR) is 151 cm³/mol. The van der Waals surface area contributed by atoms with E-state index in [1.54, 1.807) is 18.2 Å². The van der Waals surface area contributed by atoms with Crippen LogP contribution < -0.4 is 19.5 Å². The standard InChI is InChI=1S/C26H22Cl2N6O5S/c1-4-5-6-7-40(35,36)34-31-14-17(33-34)15-39-25-10-21-18(8-24(25)38-3)26(16(12-29)13-30-21)32-22-11-23(37-2)20(28)9-19(22)27/h1,8-11,13-14H,5-7,15H2,2-3H3,(H,30,32). The number of nitrogens with zero attached hydrogens (tertiary/aromatic N) is 5. The molecule has 2 aromatic carbocycles. The van der Waals surface area contributed by atoms with Crippen LogP contribution in [-0.4, -0.2) is 47.8 Å². The topological polar surface area (TPSA) is 141 Å². The zero-order valence-corrected chi connectivity index (χ0v) is 23.6. The normalized spacial score (nSPS) is 11.1. The van der Waals surface area contributed by atoms with Crippen molar-refractivity contribution in [1.82, 2.24) is 19.4 Å². The Kier molecular flexibility index (Phi) is 8.85. The molecule has 40 heavy (non-hydrogen) atoms. The van der Waals surface area contributed by atoms with Gasteiger partial charge in [-0.1, -0.05) is 27.4 Å². The van der Waals surface area contributed by atoms with Gasteiger partial charge in [-0.25, -0.2) is 8.42 Å². The van der Waals surface area contributed by atoms with E-state index >= 15 is 0 Å². The Morgan fingerprint density at radius 3 is 2.55 bits per heavy atom. The zero-order valence-electron chi connectivity index (χ0n) is 21.3. The van der Waals surface area contributed by atoms with Crippen molar-refractivity contribution in [3.63, 3.8) is 0 Å². The zero-order chi connectivity index (χ0) is 28.9. The van der Waals surface area contributed by atoms with E-state index in [0.717, 1.165) is 0 Å². The second-order valence-corrected chi connectivity index (χ2v) is 11.0. The molecular formula is C26H22Cl2N6O5S. The SMILES string of the molecule is C#CCCCS(=O)(=O)n1ncc(COc2cc3ncc(C#N)c(Nc4cc(OC)c(Cl)cc4Cl)c3cc2OC)n1. The van der Waals surface area contributed by atoms with E-state index < -0.39 is 10.0 Å². The summed E-state index contributed by atoms with van der Waals surface area (Å²) in [6.45, 7) is -0.0939. The van der Waals surface area contributed by atoms with Gasteiger partial charge in [0.2, 0.25) is 0 Å². The molecule has 11 nitrogen and oxygen atoms in total. The van der Waals surface area contributed by atoms with E-state index in [0.29, 0.717) is 66.6 Å². The third-order valence-corrected chi connectivity index (χ3v) is 7.73. The highest BCUT2D eigenvalue weighted by molar-refractivity contribution is 7.89. The molecule has 1 N–H and O–H groups in total. The van der Waals surface area contributed by atoms with Crippen LogP contribution in [0.5, 0.6) is 17.2 Å². The number of nitriles is 1. The number of pyridine rings is 1. The maximum absolute atomic E-state index is 12.4. The Bertz CT molecular complexity index is 1760. The number of fused-ring (bicyclic) bond motifs is 1. The molecule has 0 atom stereocenters. The minimum Gasteiger partial charge on any atom is -0.495 e. The molecule has 0 unspecified atom stereocenters. The number of hydrogen-bond acceptors (Lipinski definition) is 10. The molecule has 2 aromatic heterocycles. The number of unbranched alkanes of at least 4 members (excludes halogenated alkanes) is 1. The quantitative estimate of drug-likeness (QED) is 0.186. The van der Waals surface area contributed by atoms with Gasteiger partial charge in [-0.15, -0.1) is 22.5 Å². The Morgan fingerprint density at radius 2 is 1.85 bits per heavy atom. The third kappa shape index (κ3) is 6.15. The molecule has 0 spiro atoms. The fraction of sp³-hybridized carbons (Fsp3) is 0.231. The van der Waals surface area contributed by atoms with Crippen molar-refractivity contribution in [2.75, 3.05) is 25.3 Å². The summed E-state index contributed by atoms with van der Waals surface area (Å²) in [6, 6.07) is 8.57. The van der Waals surface area contributed by atoms with Crippen molar-refractivity contribution in [3.8, 4) is 35.7 Å². The van der Waals surface area contributed by atoms with Crippen molar-refractivity contribution in [1.29, 1.82) is 5.26 Å². The maximum Gasteiger partial charge on any atom is 0.269 e. The van der Waals surface area contributed by atoms with Crippen LogP contribution in [0.4, 0.5) is 11.4 Å². The van der Waals surface area contributed by atoms with Gasteiger partial charge in [0.25, 0.3) is 10.0 Å². The highest BCUT2D eigenvalue weighted by Gasteiger charge is 2.19. The molecule has 4 rings (SSSR count). The molecule has 0 saturated heterocycles. The number of halogens is 2. The van der Waals surface area contributed by atoms with E-state index in [4.69, 9.17) is 43.8 Å². The predicted octanol–water partition coefficient (Wildman–Crippen LogP) is 4.94. The first-order chi connectivity index (χ1) is 19.2. The van der Waals surface area contributed by atoms with Crippen molar-refractivity contribution in [3.05, 3.63) is 58.0 Å². The lowest BCUT2D eigenvalue weighted by Crippen LogP contribution is -2.19. The summed E-state index contributed by atoms with van der Waals surface area (Å²) in [5, 5.41) is 22.0. The second kappa shape index (κ2) is 12.3. The van der Waals surface area contributed by atoms with Crippen LogP contribution in [0.3, 0.4) is 0 Å². The van der Waals surface area contributed by atoms with Crippen LogP contribution in [0, 0.1) is 23.7 Å². The fourth-order valence-corrected chi connectivity index (χ4v) is 5.28. The van der Waals surface area contributed by atoms with Crippen LogP contribution in [0.2, 0.25) is 10.0 Å². The molecule has 0 amide bonds. The summed E-state index contributed by atoms with van der Waals surface area (Å²) in [7, 11) is -0.791. The van der Waals surface area contributed by atoms with Gasteiger partial charge in [0.05, 0.1) is 58.7 Å². The smallest absolute Gasteiger partial charge is 0.269 e. The number of benzene rings is 2. The Hall–Kier alpha value is -4.23. The van der Waals surface area contributed by atoms with Crippen molar-refractivity contribution < 1.29 is 22.6 Å². The minimum absolute atomic E-state index is 0.0939. The molecule has 0 aliphatic rings. The molecule has 0 aliphatic carbocycles. The number of terminal acetylenes is 1. The molecular weight excluding hydrogens is 579 g/mol. The van der Waals surface area contributed by atoms with Crippen molar-refractivity contribution in [2.24, 2.45) is 0 Å². The maximum atomic E-state index is 12.4. The summed E-state index contributed by atoms with van der Waals surface area (Å²) in [5.41, 5.74) is 1.91. The number of aromatic nitrogens is 4. The lowest BCUT2D eigenvalue weighted by atomic mass is 10.1. The van der Waals surface area contributed by atoms with Crippen molar-refractivity contribution >= 4 is 55.5 Å². The molecule has 0 saturated carbocycles. The van der Waals surface area contributed by atoms with Gasteiger partial charge in [-0.3, -0.25) is 4.98 Å². The molecule has 206 valence electrons. The van der Waals surface area contributed by atoms with Gasteiger partial charge in [0.1, 0.15) is 24.1 Å². The molecule has 0 aliphatic heterocycles. The Morgan fingerprint density at radius 1 is 1.07 bits per heavy atom. The summed E-state index contributed by atoms with van der Waals surface area (Å²) >= 11 is 12.6. The summed E-state index contributed by atoms with van der Waals surface area (Å²) in [6.07, 6.45) is 8.54. The number of rotatable bonds is 11. The van der Waals surface area contributed by atoms with E-state index in [1.807, 2.05) is 0 Å². The van der Waals surface area contributed by atoms with Crippen LogP contribution in [0.25, 0.3) is 10.9 Å². The Balaban J connectivity index is 1.64. The van der Waals surface area contributed by atoms with Gasteiger partial charge in [-0.2, -0.15) is 5.26 Å². The van der Waals surface area contributed by atoms with Gasteiger partial charge in [0, 0.05) is 30.1 Å². The highest BCUT2D eigenvalue weighted by Crippen LogP contribution is 2.40. The van der Waals surface area contributed by atoms with Gasteiger partial charge in [0.15, 0.2) is 11.5 Å². The largest absolute Gasteiger partial charge is 0.495 e. The summed E-state index contributed by atoms with van der Waals surface area (Å²) in [4.78, 5) is 4.39. The van der Waals surface area contributed by atoms with Gasteiger partial charge < -0.3 is 19.5 Å². The molecule has 0 fully saturated rings. The lowest BCUT2D eigenvalue weighted by molar-refractivity contribution is 0.281. The molecule has 0 bridgehead atoms. The van der Waals surface area contributed by atoms with Crippen molar-refractivity contribution in [2.45, 2.75) is 19.4 Å². The van der Waals surface area contributed by atoms with E-state index in [1.165, 1.54) is 32.7 Å². The first kappa shape index (κ1) is 28.8. The average Bonchev–Trinajstić information content (AvgIpc) is 3.43. The number of nitrogens with one attached hydrogen (secondary N) is 1. The monoisotopic (exact) mass is 600 g/mol. The second-order valence-electron chi connectivity index (χ2n) is 8.24. The van der Waals surface area contributed by atoms with E-state index in [2.05, 4.69) is 32.5 Å². The first-order valence-corrected chi connectivity index (χ1v) is 14.0. The summed E-state index contributed by atoms with van der Waals surface area (Å²) in [5.74, 6) is 3.28. The minimum atomic E-state index is -3.73.